The van der Waals surface area contributed by atoms with Crippen molar-refractivity contribution in [1.29, 1.82) is 0 Å². The quantitative estimate of drug-likeness (QED) is 0.657. The second kappa shape index (κ2) is 8.01. The van der Waals surface area contributed by atoms with Crippen molar-refractivity contribution in [1.82, 2.24) is 33.9 Å². The summed E-state index contributed by atoms with van der Waals surface area (Å²) in [6.07, 6.45) is 4.35. The Morgan fingerprint density at radius 2 is 1.93 bits per heavy atom. The fourth-order valence-corrected chi connectivity index (χ4v) is 4.34. The first-order valence-electron chi connectivity index (χ1n) is 10.3. The molecule has 0 bridgehead atoms. The van der Waals surface area contributed by atoms with Gasteiger partial charge in [-0.2, -0.15) is 0 Å². The van der Waals surface area contributed by atoms with E-state index in [1.54, 1.807) is 0 Å². The molecule has 1 aliphatic heterocycles. The van der Waals surface area contributed by atoms with Crippen molar-refractivity contribution >= 4 is 5.52 Å². The zero-order valence-electron chi connectivity index (χ0n) is 17.5. The molecule has 4 rings (SSSR count). The second-order valence-corrected chi connectivity index (χ2v) is 8.07. The van der Waals surface area contributed by atoms with E-state index in [4.69, 9.17) is 4.98 Å². The van der Waals surface area contributed by atoms with Gasteiger partial charge in [-0.15, -0.1) is 10.2 Å². The minimum atomic E-state index is 0.500. The summed E-state index contributed by atoms with van der Waals surface area (Å²) in [7, 11) is 4.16. The van der Waals surface area contributed by atoms with Crippen molar-refractivity contribution in [3.05, 3.63) is 47.6 Å². The van der Waals surface area contributed by atoms with Crippen molar-refractivity contribution in [3.63, 3.8) is 0 Å². The summed E-state index contributed by atoms with van der Waals surface area (Å²) < 4.78 is 4.49. The van der Waals surface area contributed by atoms with Gasteiger partial charge in [0.05, 0.1) is 17.8 Å². The number of nitrogens with zero attached hydrogens (tertiary/aromatic N) is 7. The highest BCUT2D eigenvalue weighted by molar-refractivity contribution is 5.53. The van der Waals surface area contributed by atoms with Crippen molar-refractivity contribution in [2.24, 2.45) is 0 Å². The smallest absolute Gasteiger partial charge is 0.147 e. The van der Waals surface area contributed by atoms with Gasteiger partial charge in [0.2, 0.25) is 0 Å². The predicted molar refractivity (Wildman–Crippen MR) is 110 cm³/mol. The molecule has 0 amide bonds. The lowest BCUT2D eigenvalue weighted by molar-refractivity contribution is 0.198. The van der Waals surface area contributed by atoms with E-state index in [-0.39, 0.29) is 0 Å². The van der Waals surface area contributed by atoms with Crippen LogP contribution in [0.15, 0.2) is 24.4 Å². The number of fused-ring (bicyclic) bond motifs is 1. The maximum atomic E-state index is 4.81. The van der Waals surface area contributed by atoms with E-state index < -0.39 is 0 Å². The average Bonchev–Trinajstić information content (AvgIpc) is 3.23. The van der Waals surface area contributed by atoms with Gasteiger partial charge in [-0.05, 0) is 66.0 Å². The van der Waals surface area contributed by atoms with E-state index in [1.165, 1.54) is 17.0 Å². The standard InChI is InChI=1S/C21H31N7/c1-5-27-20(15-25(3)4)23-24-21(27)17-9-12-26(13-10-17)14-18-19-8-6-7-11-28(19)16(2)22-18/h6-8,11,17H,5,9-10,12-15H2,1-4H3. The highest BCUT2D eigenvalue weighted by Crippen LogP contribution is 2.28. The van der Waals surface area contributed by atoms with Crippen LogP contribution in [0.4, 0.5) is 0 Å². The zero-order chi connectivity index (χ0) is 19.7. The van der Waals surface area contributed by atoms with Crippen LogP contribution in [0.1, 0.15) is 48.9 Å². The largest absolute Gasteiger partial charge is 0.314 e. The number of hydrogen-bond acceptors (Lipinski definition) is 5. The molecule has 7 heteroatoms. The van der Waals surface area contributed by atoms with Gasteiger partial charge < -0.3 is 13.9 Å². The highest BCUT2D eigenvalue weighted by Gasteiger charge is 2.26. The SMILES string of the molecule is CCn1c(CN(C)C)nnc1C1CCN(Cc2nc(C)n3ccccc23)CC1. The van der Waals surface area contributed by atoms with Crippen LogP contribution in [0.25, 0.3) is 5.52 Å². The van der Waals surface area contributed by atoms with Crippen molar-refractivity contribution in [2.45, 2.75) is 52.2 Å². The lowest BCUT2D eigenvalue weighted by atomic mass is 9.95. The second-order valence-electron chi connectivity index (χ2n) is 8.07. The number of rotatable bonds is 6. The molecular formula is C21H31N7. The molecule has 4 heterocycles. The number of hydrogen-bond donors (Lipinski definition) is 0. The van der Waals surface area contributed by atoms with E-state index >= 15 is 0 Å². The summed E-state index contributed by atoms with van der Waals surface area (Å²) in [6.45, 7) is 9.11. The first-order chi connectivity index (χ1) is 13.6. The Kier molecular flexibility index (Phi) is 5.46. The Labute approximate surface area is 167 Å². The Balaban J connectivity index is 1.43. The fourth-order valence-electron chi connectivity index (χ4n) is 4.34. The summed E-state index contributed by atoms with van der Waals surface area (Å²) in [6, 6.07) is 6.32. The van der Waals surface area contributed by atoms with Crippen molar-refractivity contribution in [2.75, 3.05) is 27.2 Å². The molecule has 0 atom stereocenters. The van der Waals surface area contributed by atoms with Gasteiger partial charge in [-0.25, -0.2) is 4.98 Å². The predicted octanol–water partition coefficient (Wildman–Crippen LogP) is 2.70. The number of likely N-dealkylation sites (tertiary alicyclic amines) is 1. The van der Waals surface area contributed by atoms with E-state index in [1.807, 2.05) is 0 Å². The molecular weight excluding hydrogens is 350 g/mol. The number of aromatic nitrogens is 5. The third kappa shape index (κ3) is 3.69. The molecule has 1 saturated heterocycles. The van der Waals surface area contributed by atoms with Crippen LogP contribution >= 0.6 is 0 Å². The Hall–Kier alpha value is -2.25. The van der Waals surface area contributed by atoms with Crippen molar-refractivity contribution < 1.29 is 0 Å². The Morgan fingerprint density at radius 3 is 2.64 bits per heavy atom. The first-order valence-corrected chi connectivity index (χ1v) is 10.3. The van der Waals surface area contributed by atoms with Crippen molar-refractivity contribution in [3.8, 4) is 0 Å². The molecule has 0 aliphatic carbocycles. The molecule has 3 aromatic heterocycles. The van der Waals surface area contributed by atoms with Gasteiger partial charge in [0.15, 0.2) is 0 Å². The molecule has 1 fully saturated rings. The van der Waals surface area contributed by atoms with Crippen LogP contribution in [0.5, 0.6) is 0 Å². The summed E-state index contributed by atoms with van der Waals surface area (Å²) in [4.78, 5) is 9.49. The molecule has 3 aromatic rings. The molecule has 0 radical (unpaired) electrons. The number of imidazole rings is 1. The van der Waals surface area contributed by atoms with Crippen LogP contribution in [0.3, 0.4) is 0 Å². The van der Waals surface area contributed by atoms with Gasteiger partial charge in [-0.3, -0.25) is 4.90 Å². The molecule has 0 aromatic carbocycles. The molecule has 0 unspecified atom stereocenters. The monoisotopic (exact) mass is 381 g/mol. The summed E-state index contributed by atoms with van der Waals surface area (Å²) in [5, 5.41) is 9.04. The maximum Gasteiger partial charge on any atom is 0.147 e. The first kappa shape index (κ1) is 19.1. The van der Waals surface area contributed by atoms with Gasteiger partial charge in [0, 0.05) is 25.2 Å². The minimum absolute atomic E-state index is 0.500. The Bertz CT molecular complexity index is 932. The lowest BCUT2D eigenvalue weighted by Gasteiger charge is -2.31. The number of pyridine rings is 1. The Morgan fingerprint density at radius 1 is 1.14 bits per heavy atom. The molecule has 150 valence electrons. The van der Waals surface area contributed by atoms with E-state index in [0.717, 1.165) is 57.2 Å². The summed E-state index contributed by atoms with van der Waals surface area (Å²) in [5.74, 6) is 3.80. The third-order valence-corrected chi connectivity index (χ3v) is 5.76. The fraction of sp³-hybridized carbons (Fsp3) is 0.571. The van der Waals surface area contributed by atoms with E-state index in [2.05, 4.69) is 81.3 Å². The topological polar surface area (TPSA) is 54.5 Å². The molecule has 0 spiro atoms. The highest BCUT2D eigenvalue weighted by atomic mass is 15.3. The van der Waals surface area contributed by atoms with E-state index in [9.17, 15) is 0 Å². The number of piperidine rings is 1. The molecule has 0 saturated carbocycles. The summed E-state index contributed by atoms with van der Waals surface area (Å²) >= 11 is 0. The molecule has 7 nitrogen and oxygen atoms in total. The van der Waals surface area contributed by atoms with Crippen LogP contribution in [-0.2, 0) is 19.6 Å². The van der Waals surface area contributed by atoms with Gasteiger partial charge in [-0.1, -0.05) is 6.07 Å². The lowest BCUT2D eigenvalue weighted by Crippen LogP contribution is -2.33. The number of aryl methyl sites for hydroxylation is 1. The average molecular weight is 382 g/mol. The normalized spacial score (nSPS) is 16.5. The van der Waals surface area contributed by atoms with E-state index in [0.29, 0.717) is 5.92 Å². The molecule has 1 aliphatic rings. The zero-order valence-corrected chi connectivity index (χ0v) is 17.5. The van der Waals surface area contributed by atoms with Gasteiger partial charge in [0.1, 0.15) is 17.5 Å². The summed E-state index contributed by atoms with van der Waals surface area (Å²) in [5.41, 5.74) is 2.41. The maximum absolute atomic E-state index is 4.81. The van der Waals surface area contributed by atoms with Crippen LogP contribution < -0.4 is 0 Å². The van der Waals surface area contributed by atoms with Gasteiger partial charge in [0.25, 0.3) is 0 Å². The minimum Gasteiger partial charge on any atom is -0.314 e. The molecule has 28 heavy (non-hydrogen) atoms. The third-order valence-electron chi connectivity index (χ3n) is 5.76. The molecule has 0 N–H and O–H groups in total. The van der Waals surface area contributed by atoms with Crippen LogP contribution in [0.2, 0.25) is 0 Å². The van der Waals surface area contributed by atoms with Crippen LogP contribution in [-0.4, -0.2) is 61.1 Å². The van der Waals surface area contributed by atoms with Gasteiger partial charge >= 0.3 is 0 Å². The van der Waals surface area contributed by atoms with Crippen LogP contribution in [0, 0.1) is 6.92 Å².